The van der Waals surface area contributed by atoms with E-state index >= 15 is 0 Å². The minimum absolute atomic E-state index is 0.00788. The first-order valence-electron chi connectivity index (χ1n) is 12.9. The molecule has 15 nitrogen and oxygen atoms in total. The average molecular weight is 619 g/mol. The van der Waals surface area contributed by atoms with E-state index in [-0.39, 0.29) is 29.8 Å². The van der Waals surface area contributed by atoms with Crippen molar-refractivity contribution in [1.29, 1.82) is 0 Å². The van der Waals surface area contributed by atoms with Gasteiger partial charge in [0.1, 0.15) is 29.7 Å². The van der Waals surface area contributed by atoms with Gasteiger partial charge < -0.3 is 35.5 Å². The number of benzene rings is 2. The Labute approximate surface area is 247 Å². The first-order chi connectivity index (χ1) is 20.1. The lowest BCUT2D eigenvalue weighted by atomic mass is 10.2. The quantitative estimate of drug-likeness (QED) is 0.0747. The molecule has 0 aliphatic rings. The summed E-state index contributed by atoms with van der Waals surface area (Å²) in [5.41, 5.74) is 6.44. The van der Waals surface area contributed by atoms with Gasteiger partial charge >= 0.3 is 12.1 Å². The number of alkyl carbamates (subject to hydrolysis) is 1. The lowest BCUT2D eigenvalue weighted by molar-refractivity contribution is -0.138. The Kier molecular flexibility index (Phi) is 10.6. The number of aromatic amines is 1. The number of carbonyl (C=O) groups is 3. The molecule has 7 N–H and O–H groups in total. The fourth-order valence-electron chi connectivity index (χ4n) is 3.51. The molecule has 1 heterocycles. The van der Waals surface area contributed by atoms with Crippen molar-refractivity contribution in [3.63, 3.8) is 0 Å². The summed E-state index contributed by atoms with van der Waals surface area (Å²) in [5.74, 6) is -1.91. The summed E-state index contributed by atoms with van der Waals surface area (Å²) < 4.78 is 38.0. The molecule has 1 atom stereocenters. The molecule has 2 aromatic carbocycles. The second-order valence-corrected chi connectivity index (χ2v) is 12.0. The molecule has 0 radical (unpaired) electrons. The van der Waals surface area contributed by atoms with Gasteiger partial charge in [0.05, 0.1) is 4.90 Å². The molecule has 0 bridgehead atoms. The highest BCUT2D eigenvalue weighted by Gasteiger charge is 2.26. The highest BCUT2D eigenvalue weighted by Crippen LogP contribution is 2.22. The number of rotatable bonds is 12. The van der Waals surface area contributed by atoms with Gasteiger partial charge in [-0.25, -0.2) is 13.2 Å². The van der Waals surface area contributed by atoms with Crippen LogP contribution in [0.25, 0.3) is 10.9 Å². The molecule has 0 saturated carbocycles. The SMILES string of the molecule is Cc1ccc(S(=O)(=O)NC(CNC(=O)c2cc3cc(OCCO/N=C(\N)NC(=O)OC(C)(C)C)ccc3[nH]2)C(=O)O)cc1. The van der Waals surface area contributed by atoms with Crippen LogP contribution >= 0.6 is 0 Å². The molecular weight excluding hydrogens is 584 g/mol. The van der Waals surface area contributed by atoms with Gasteiger partial charge in [-0.1, -0.05) is 17.7 Å². The molecule has 0 aliphatic carbocycles. The molecule has 43 heavy (non-hydrogen) atoms. The molecule has 0 fully saturated rings. The number of H-pyrrole nitrogens is 1. The van der Waals surface area contributed by atoms with Crippen LogP contribution in [-0.4, -0.2) is 73.8 Å². The molecule has 232 valence electrons. The summed E-state index contributed by atoms with van der Waals surface area (Å²) in [6.45, 7) is 6.49. The molecule has 0 aliphatic heterocycles. The summed E-state index contributed by atoms with van der Waals surface area (Å²) in [6, 6.07) is 10.8. The van der Waals surface area contributed by atoms with Gasteiger partial charge in [0, 0.05) is 17.4 Å². The van der Waals surface area contributed by atoms with Crippen molar-refractivity contribution >= 4 is 44.9 Å². The van der Waals surface area contributed by atoms with E-state index in [2.05, 4.69) is 25.5 Å². The fourth-order valence-corrected chi connectivity index (χ4v) is 4.70. The summed E-state index contributed by atoms with van der Waals surface area (Å²) in [5, 5.41) is 18.4. The van der Waals surface area contributed by atoms with Gasteiger partial charge in [-0.2, -0.15) is 4.72 Å². The number of nitrogens with zero attached hydrogens (tertiary/aromatic N) is 1. The van der Waals surface area contributed by atoms with Crippen molar-refractivity contribution in [2.45, 2.75) is 44.2 Å². The van der Waals surface area contributed by atoms with Crippen LogP contribution in [0.1, 0.15) is 36.8 Å². The fraction of sp³-hybridized carbons (Fsp3) is 0.333. The summed E-state index contributed by atoms with van der Waals surface area (Å²) >= 11 is 0. The van der Waals surface area contributed by atoms with Crippen molar-refractivity contribution in [3.05, 3.63) is 59.8 Å². The van der Waals surface area contributed by atoms with Gasteiger partial charge in [0.25, 0.3) is 5.91 Å². The number of oxime groups is 1. The number of aryl methyl sites for hydroxylation is 1. The number of nitrogens with one attached hydrogen (secondary N) is 4. The highest BCUT2D eigenvalue weighted by atomic mass is 32.2. The molecule has 0 spiro atoms. The largest absolute Gasteiger partial charge is 0.490 e. The van der Waals surface area contributed by atoms with E-state index in [1.807, 2.05) is 0 Å². The number of nitrogens with two attached hydrogens (primary N) is 1. The number of aromatic nitrogens is 1. The number of fused-ring (bicyclic) bond motifs is 1. The third kappa shape index (κ3) is 10.2. The van der Waals surface area contributed by atoms with Gasteiger partial charge in [0.15, 0.2) is 6.61 Å². The van der Waals surface area contributed by atoms with Gasteiger partial charge in [0.2, 0.25) is 16.0 Å². The zero-order valence-electron chi connectivity index (χ0n) is 24.0. The van der Waals surface area contributed by atoms with Crippen LogP contribution in [0, 0.1) is 6.92 Å². The third-order valence-electron chi connectivity index (χ3n) is 5.47. The molecule has 3 rings (SSSR count). The van der Waals surface area contributed by atoms with Crippen LogP contribution in [0.2, 0.25) is 0 Å². The number of guanidine groups is 1. The van der Waals surface area contributed by atoms with E-state index in [1.54, 1.807) is 58.0 Å². The number of hydrogen-bond donors (Lipinski definition) is 6. The molecule has 0 saturated heterocycles. The molecule has 3 aromatic rings. The topological polar surface area (TPSA) is 224 Å². The lowest BCUT2D eigenvalue weighted by Gasteiger charge is -2.19. The maximum absolute atomic E-state index is 12.7. The van der Waals surface area contributed by atoms with E-state index < -0.39 is 46.2 Å². The number of carbonyl (C=O) groups excluding carboxylic acids is 2. The van der Waals surface area contributed by atoms with E-state index in [9.17, 15) is 27.9 Å². The zero-order chi connectivity index (χ0) is 31.8. The maximum atomic E-state index is 12.7. The Morgan fingerprint density at radius 2 is 1.77 bits per heavy atom. The number of aliphatic carboxylic acids is 1. The second kappa shape index (κ2) is 13.9. The van der Waals surface area contributed by atoms with Crippen molar-refractivity contribution in [3.8, 4) is 5.75 Å². The first-order valence-corrected chi connectivity index (χ1v) is 14.4. The molecule has 1 aromatic heterocycles. The monoisotopic (exact) mass is 618 g/mol. The van der Waals surface area contributed by atoms with Gasteiger partial charge in [-0.15, -0.1) is 0 Å². The Morgan fingerprint density at radius 1 is 1.07 bits per heavy atom. The van der Waals surface area contributed by atoms with Gasteiger partial charge in [-0.3, -0.25) is 14.9 Å². The Bertz CT molecular complexity index is 1600. The number of carboxylic acid groups (broad SMARTS) is 1. The van der Waals surface area contributed by atoms with Crippen LogP contribution in [0.15, 0.2) is 58.6 Å². The van der Waals surface area contributed by atoms with E-state index in [1.165, 1.54) is 18.2 Å². The Balaban J connectivity index is 1.51. The minimum Gasteiger partial charge on any atom is -0.490 e. The number of hydrogen-bond acceptors (Lipinski definition) is 9. The van der Waals surface area contributed by atoms with Crippen molar-refractivity contribution < 1.29 is 42.2 Å². The summed E-state index contributed by atoms with van der Waals surface area (Å²) in [6.07, 6.45) is -0.772. The highest BCUT2D eigenvalue weighted by molar-refractivity contribution is 7.89. The predicted octanol–water partition coefficient (Wildman–Crippen LogP) is 1.79. The summed E-state index contributed by atoms with van der Waals surface area (Å²) in [7, 11) is -4.13. The third-order valence-corrected chi connectivity index (χ3v) is 6.95. The van der Waals surface area contributed by atoms with E-state index in [0.717, 1.165) is 5.56 Å². The first kappa shape index (κ1) is 32.7. The Hall–Kier alpha value is -4.83. The standard InChI is InChI=1S/C27H34N6O9S/c1-16-5-8-19(9-6-16)43(38,39)33-22(24(35)36)15-29-23(34)21-14-17-13-18(7-10-20(17)30-21)40-11-12-41-32-25(28)31-26(37)42-27(2,3)4/h5-10,13-14,22,30,33H,11-12,15H2,1-4H3,(H,29,34)(H,35,36)(H3,28,31,32,37). The Morgan fingerprint density at radius 3 is 2.42 bits per heavy atom. The molecule has 2 amide bonds. The number of ether oxygens (including phenoxy) is 2. The normalized spacial score (nSPS) is 12.8. The van der Waals surface area contributed by atoms with Crippen LogP contribution in [0.3, 0.4) is 0 Å². The molecular formula is C27H34N6O9S. The van der Waals surface area contributed by atoms with Crippen molar-refractivity contribution in [2.75, 3.05) is 19.8 Å². The van der Waals surface area contributed by atoms with Crippen LogP contribution in [0.4, 0.5) is 4.79 Å². The lowest BCUT2D eigenvalue weighted by Crippen LogP contribution is -2.48. The van der Waals surface area contributed by atoms with Gasteiger partial charge in [-0.05, 0) is 69.2 Å². The molecule has 16 heteroatoms. The van der Waals surface area contributed by atoms with Crippen LogP contribution in [0.5, 0.6) is 5.75 Å². The zero-order valence-corrected chi connectivity index (χ0v) is 24.8. The average Bonchev–Trinajstić information content (AvgIpc) is 3.33. The number of carboxylic acids is 1. The maximum Gasteiger partial charge on any atom is 0.414 e. The van der Waals surface area contributed by atoms with Crippen LogP contribution in [-0.2, 0) is 24.4 Å². The second-order valence-electron chi connectivity index (χ2n) is 10.3. The van der Waals surface area contributed by atoms with Crippen molar-refractivity contribution in [2.24, 2.45) is 10.9 Å². The smallest absolute Gasteiger partial charge is 0.414 e. The predicted molar refractivity (Wildman–Crippen MR) is 156 cm³/mol. The van der Waals surface area contributed by atoms with Crippen LogP contribution < -0.4 is 25.8 Å². The number of sulfonamides is 1. The van der Waals surface area contributed by atoms with E-state index in [4.69, 9.17) is 20.0 Å². The summed E-state index contributed by atoms with van der Waals surface area (Å²) in [4.78, 5) is 43.9. The van der Waals surface area contributed by atoms with E-state index in [0.29, 0.717) is 16.7 Å². The number of amides is 2. The van der Waals surface area contributed by atoms with Crippen molar-refractivity contribution in [1.82, 2.24) is 20.3 Å². The minimum atomic E-state index is -4.13. The molecule has 1 unspecified atom stereocenters.